The molecule has 0 radical (unpaired) electrons. The number of thiazole rings is 1. The number of carbonyl (C=O) groups is 1. The summed E-state index contributed by atoms with van der Waals surface area (Å²) in [6, 6.07) is 7.73. The van der Waals surface area contributed by atoms with Crippen molar-refractivity contribution in [1.29, 1.82) is 0 Å². The van der Waals surface area contributed by atoms with Crippen LogP contribution in [0.15, 0.2) is 24.3 Å². The molecule has 0 atom stereocenters. The molecule has 1 aromatic carbocycles. The minimum absolute atomic E-state index is 0.365. The Kier molecular flexibility index (Phi) is 5.98. The van der Waals surface area contributed by atoms with Crippen molar-refractivity contribution in [2.45, 2.75) is 13.3 Å². The van der Waals surface area contributed by atoms with E-state index in [-0.39, 0.29) is 0 Å². The van der Waals surface area contributed by atoms with Crippen molar-refractivity contribution in [1.82, 2.24) is 4.98 Å². The van der Waals surface area contributed by atoms with Gasteiger partial charge in [-0.25, -0.2) is 9.78 Å². The molecule has 0 aliphatic rings. The van der Waals surface area contributed by atoms with Crippen molar-refractivity contribution in [3.8, 4) is 16.2 Å². The number of ether oxygens (including phenoxy) is 2. The first-order valence-electron chi connectivity index (χ1n) is 6.50. The van der Waals surface area contributed by atoms with E-state index >= 15 is 0 Å². The van der Waals surface area contributed by atoms with Crippen molar-refractivity contribution in [3.05, 3.63) is 35.0 Å². The van der Waals surface area contributed by atoms with E-state index in [9.17, 15) is 4.79 Å². The Bertz CT molecular complexity index is 627. The summed E-state index contributed by atoms with van der Waals surface area (Å²) < 4.78 is 11.6. The zero-order chi connectivity index (χ0) is 15.2. The molecule has 0 bridgehead atoms. The molecular formula is C15H16INO3S. The first-order chi connectivity index (χ1) is 10.2. The highest BCUT2D eigenvalue weighted by Crippen LogP contribution is 2.32. The molecule has 0 aliphatic carbocycles. The lowest BCUT2D eigenvalue weighted by molar-refractivity contribution is 0.0595. The summed E-state index contributed by atoms with van der Waals surface area (Å²) in [7, 11) is 1.37. The van der Waals surface area contributed by atoms with Crippen LogP contribution in [0.25, 0.3) is 10.4 Å². The predicted octanol–water partition coefficient (Wildman–Crippen LogP) is 4.11. The highest BCUT2D eigenvalue weighted by Gasteiger charge is 2.19. The summed E-state index contributed by atoms with van der Waals surface area (Å²) in [5, 5.41) is 0.835. The van der Waals surface area contributed by atoms with Crippen LogP contribution >= 0.6 is 33.9 Å². The van der Waals surface area contributed by atoms with Gasteiger partial charge in [-0.15, -0.1) is 11.3 Å². The van der Waals surface area contributed by atoms with Crippen LogP contribution in [0.1, 0.15) is 21.9 Å². The molecule has 0 amide bonds. The second kappa shape index (κ2) is 7.74. The van der Waals surface area contributed by atoms with Gasteiger partial charge in [-0.05, 0) is 31.0 Å². The van der Waals surface area contributed by atoms with Gasteiger partial charge in [-0.3, -0.25) is 0 Å². The molecule has 0 saturated carbocycles. The Hall–Kier alpha value is -1.15. The number of aromatic nitrogens is 1. The van der Waals surface area contributed by atoms with Crippen LogP contribution in [0.4, 0.5) is 0 Å². The molecule has 6 heteroatoms. The number of carbonyl (C=O) groups excluding carboxylic acids is 1. The zero-order valence-corrected chi connectivity index (χ0v) is 14.9. The summed E-state index contributed by atoms with van der Waals surface area (Å²) in [5.74, 6) is 0.393. The van der Waals surface area contributed by atoms with Crippen LogP contribution < -0.4 is 4.74 Å². The Morgan fingerprint density at radius 2 is 2.24 bits per heavy atom. The number of hydrogen-bond donors (Lipinski definition) is 0. The molecule has 1 aromatic heterocycles. The van der Waals surface area contributed by atoms with E-state index in [0.29, 0.717) is 12.3 Å². The van der Waals surface area contributed by atoms with Crippen LogP contribution in [-0.2, 0) is 4.74 Å². The number of methoxy groups -OCH3 is 1. The van der Waals surface area contributed by atoms with Gasteiger partial charge in [0.1, 0.15) is 5.75 Å². The number of rotatable bonds is 6. The third-order valence-corrected chi connectivity index (χ3v) is 4.54. The van der Waals surface area contributed by atoms with Gasteiger partial charge in [0.05, 0.1) is 23.6 Å². The van der Waals surface area contributed by atoms with Crippen molar-refractivity contribution >= 4 is 39.9 Å². The topological polar surface area (TPSA) is 48.4 Å². The molecule has 0 aliphatic heterocycles. The Balaban J connectivity index is 2.29. The minimum Gasteiger partial charge on any atom is -0.494 e. The first kappa shape index (κ1) is 16.2. The molecule has 0 N–H and O–H groups in total. The van der Waals surface area contributed by atoms with E-state index in [1.54, 1.807) is 0 Å². The average Bonchev–Trinajstić information content (AvgIpc) is 2.89. The maximum absolute atomic E-state index is 11.8. The van der Waals surface area contributed by atoms with Gasteiger partial charge in [-0.2, -0.15) is 0 Å². The third kappa shape index (κ3) is 4.16. The molecule has 1 heterocycles. The van der Waals surface area contributed by atoms with Gasteiger partial charge in [0, 0.05) is 4.43 Å². The van der Waals surface area contributed by atoms with E-state index in [1.165, 1.54) is 18.4 Å². The molecule has 21 heavy (non-hydrogen) atoms. The smallest absolute Gasteiger partial charge is 0.358 e. The lowest BCUT2D eigenvalue weighted by Crippen LogP contribution is -2.03. The number of nitrogens with zero attached hydrogens (tertiary/aromatic N) is 1. The summed E-state index contributed by atoms with van der Waals surface area (Å²) >= 11 is 3.81. The van der Waals surface area contributed by atoms with Crippen molar-refractivity contribution in [2.24, 2.45) is 0 Å². The lowest BCUT2D eigenvalue weighted by atomic mass is 10.1. The summed E-state index contributed by atoms with van der Waals surface area (Å²) in [6.07, 6.45) is 1.01. The molecule has 0 unspecified atom stereocenters. The SMILES string of the molecule is COC(=O)c1nc(C)sc1-c1cccc(OCCCI)c1. The van der Waals surface area contributed by atoms with Crippen LogP contribution in [0, 0.1) is 6.92 Å². The minimum atomic E-state index is -0.411. The zero-order valence-electron chi connectivity index (χ0n) is 11.9. The fourth-order valence-corrected chi connectivity index (χ4v) is 3.04. The first-order valence-corrected chi connectivity index (χ1v) is 8.85. The van der Waals surface area contributed by atoms with Crippen molar-refractivity contribution in [2.75, 3.05) is 18.1 Å². The average molecular weight is 417 g/mol. The molecule has 2 aromatic rings. The number of alkyl halides is 1. The van der Waals surface area contributed by atoms with Crippen LogP contribution in [0.3, 0.4) is 0 Å². The number of esters is 1. The number of hydrogen-bond acceptors (Lipinski definition) is 5. The van der Waals surface area contributed by atoms with Crippen LogP contribution in [0.2, 0.25) is 0 Å². The van der Waals surface area contributed by atoms with Gasteiger partial charge < -0.3 is 9.47 Å². The second-order valence-corrected chi connectivity index (χ2v) is 6.60. The molecule has 0 spiro atoms. The molecule has 4 nitrogen and oxygen atoms in total. The second-order valence-electron chi connectivity index (χ2n) is 4.32. The van der Waals surface area contributed by atoms with E-state index in [0.717, 1.165) is 32.0 Å². The highest BCUT2D eigenvalue weighted by molar-refractivity contribution is 14.1. The lowest BCUT2D eigenvalue weighted by Gasteiger charge is -2.07. The Labute approximate surface area is 141 Å². The van der Waals surface area contributed by atoms with Crippen molar-refractivity contribution in [3.63, 3.8) is 0 Å². The molecule has 112 valence electrons. The molecular weight excluding hydrogens is 401 g/mol. The van der Waals surface area contributed by atoms with E-state index in [2.05, 4.69) is 27.6 Å². The Morgan fingerprint density at radius 3 is 2.95 bits per heavy atom. The van der Waals surface area contributed by atoms with Gasteiger partial charge in [0.15, 0.2) is 5.69 Å². The summed E-state index contributed by atoms with van der Waals surface area (Å²) in [6.45, 7) is 2.57. The number of benzene rings is 1. The predicted molar refractivity (Wildman–Crippen MR) is 92.6 cm³/mol. The standard InChI is InChI=1S/C15H16INO3S/c1-10-17-13(15(18)19-2)14(21-10)11-5-3-6-12(9-11)20-8-4-7-16/h3,5-6,9H,4,7-8H2,1-2H3. The number of halogens is 1. The fraction of sp³-hybridized carbons (Fsp3) is 0.333. The quantitative estimate of drug-likeness (QED) is 0.307. The molecule has 2 rings (SSSR count). The van der Waals surface area contributed by atoms with Gasteiger partial charge in [0.2, 0.25) is 0 Å². The maximum atomic E-state index is 11.8. The fourth-order valence-electron chi connectivity index (χ4n) is 1.83. The van der Waals surface area contributed by atoms with Crippen LogP contribution in [0.5, 0.6) is 5.75 Å². The van der Waals surface area contributed by atoms with Gasteiger partial charge >= 0.3 is 5.97 Å². The van der Waals surface area contributed by atoms with E-state index in [4.69, 9.17) is 9.47 Å². The van der Waals surface area contributed by atoms with E-state index in [1.807, 2.05) is 31.2 Å². The number of aryl methyl sites for hydroxylation is 1. The normalized spacial score (nSPS) is 10.4. The summed E-state index contributed by atoms with van der Waals surface area (Å²) in [4.78, 5) is 16.9. The summed E-state index contributed by atoms with van der Waals surface area (Å²) in [5.41, 5.74) is 1.29. The maximum Gasteiger partial charge on any atom is 0.358 e. The largest absolute Gasteiger partial charge is 0.494 e. The van der Waals surface area contributed by atoms with Gasteiger partial charge in [0.25, 0.3) is 0 Å². The molecule has 0 saturated heterocycles. The van der Waals surface area contributed by atoms with E-state index < -0.39 is 5.97 Å². The highest BCUT2D eigenvalue weighted by atomic mass is 127. The van der Waals surface area contributed by atoms with Crippen LogP contribution in [-0.4, -0.2) is 29.1 Å². The Morgan fingerprint density at radius 1 is 1.43 bits per heavy atom. The third-order valence-electron chi connectivity index (χ3n) is 2.76. The monoisotopic (exact) mass is 417 g/mol. The van der Waals surface area contributed by atoms with Crippen molar-refractivity contribution < 1.29 is 14.3 Å². The molecule has 0 fully saturated rings. The van der Waals surface area contributed by atoms with Gasteiger partial charge in [-0.1, -0.05) is 34.7 Å².